The molecule has 1 aliphatic heterocycles. The van der Waals surface area contributed by atoms with Gasteiger partial charge in [-0.2, -0.15) is 0 Å². The first-order chi connectivity index (χ1) is 5.83. The first kappa shape index (κ1) is 9.46. The maximum absolute atomic E-state index is 11.2. The van der Waals surface area contributed by atoms with Crippen LogP contribution < -0.4 is 0 Å². The average molecular weight is 168 g/mol. The molecule has 1 rings (SSSR count). The Balaban J connectivity index is 2.19. The fraction of sp³-hybridized carbons (Fsp3) is 0.700. The monoisotopic (exact) mass is 168 g/mol. The van der Waals surface area contributed by atoms with Crippen LogP contribution in [0.15, 0.2) is 12.7 Å². The van der Waals surface area contributed by atoms with Gasteiger partial charge >= 0.3 is 0 Å². The standard InChI is InChI=1S/C10H16O2/c1-2-3-10(11)8-9-4-6-12-7-5-9/h2,9H,1,3-8H2. The summed E-state index contributed by atoms with van der Waals surface area (Å²) in [6.07, 6.45) is 5.01. The van der Waals surface area contributed by atoms with E-state index in [2.05, 4.69) is 6.58 Å². The van der Waals surface area contributed by atoms with Crippen LogP contribution in [0.25, 0.3) is 0 Å². The molecule has 1 saturated heterocycles. The molecule has 2 nitrogen and oxygen atoms in total. The highest BCUT2D eigenvalue weighted by Crippen LogP contribution is 2.19. The van der Waals surface area contributed by atoms with E-state index in [1.807, 2.05) is 0 Å². The van der Waals surface area contributed by atoms with Crippen molar-refractivity contribution in [1.29, 1.82) is 0 Å². The molecule has 0 aromatic rings. The minimum Gasteiger partial charge on any atom is -0.381 e. The summed E-state index contributed by atoms with van der Waals surface area (Å²) in [6, 6.07) is 0. The van der Waals surface area contributed by atoms with Gasteiger partial charge in [0.25, 0.3) is 0 Å². The molecule has 0 radical (unpaired) electrons. The molecule has 0 spiro atoms. The number of ether oxygens (including phenoxy) is 1. The summed E-state index contributed by atoms with van der Waals surface area (Å²) < 4.78 is 5.21. The van der Waals surface area contributed by atoms with Crippen LogP contribution in [-0.2, 0) is 9.53 Å². The van der Waals surface area contributed by atoms with Gasteiger partial charge in [-0.25, -0.2) is 0 Å². The quantitative estimate of drug-likeness (QED) is 0.600. The zero-order chi connectivity index (χ0) is 8.81. The zero-order valence-corrected chi connectivity index (χ0v) is 7.42. The topological polar surface area (TPSA) is 26.3 Å². The summed E-state index contributed by atoms with van der Waals surface area (Å²) in [6.45, 7) is 5.20. The Bertz CT molecular complexity index is 157. The van der Waals surface area contributed by atoms with E-state index in [4.69, 9.17) is 4.74 Å². The van der Waals surface area contributed by atoms with Gasteiger partial charge in [-0.1, -0.05) is 6.08 Å². The van der Waals surface area contributed by atoms with Gasteiger partial charge in [0, 0.05) is 26.1 Å². The van der Waals surface area contributed by atoms with Crippen molar-refractivity contribution in [2.24, 2.45) is 5.92 Å². The second-order valence-corrected chi connectivity index (χ2v) is 3.29. The van der Waals surface area contributed by atoms with Crippen LogP contribution in [0.3, 0.4) is 0 Å². The van der Waals surface area contributed by atoms with Gasteiger partial charge < -0.3 is 4.74 Å². The molecule has 1 fully saturated rings. The number of hydrogen-bond donors (Lipinski definition) is 0. The molecule has 0 bridgehead atoms. The van der Waals surface area contributed by atoms with Gasteiger partial charge in [0.2, 0.25) is 0 Å². The highest BCUT2D eigenvalue weighted by atomic mass is 16.5. The number of carbonyl (C=O) groups excluding carboxylic acids is 1. The first-order valence-corrected chi connectivity index (χ1v) is 4.53. The summed E-state index contributed by atoms with van der Waals surface area (Å²) in [7, 11) is 0. The molecule has 1 aliphatic rings. The Morgan fingerprint density at radius 2 is 2.17 bits per heavy atom. The van der Waals surface area contributed by atoms with Gasteiger partial charge in [0.15, 0.2) is 0 Å². The van der Waals surface area contributed by atoms with Crippen molar-refractivity contribution in [2.45, 2.75) is 25.7 Å². The SMILES string of the molecule is C=CCC(=O)CC1CCOCC1. The van der Waals surface area contributed by atoms with E-state index in [1.54, 1.807) is 6.08 Å². The Labute approximate surface area is 73.6 Å². The largest absolute Gasteiger partial charge is 0.381 e. The third-order valence-electron chi connectivity index (χ3n) is 2.23. The molecule has 0 amide bonds. The maximum Gasteiger partial charge on any atom is 0.136 e. The molecule has 0 N–H and O–H groups in total. The van der Waals surface area contributed by atoms with Crippen LogP contribution in [0, 0.1) is 5.92 Å². The lowest BCUT2D eigenvalue weighted by molar-refractivity contribution is -0.119. The average Bonchev–Trinajstić information content (AvgIpc) is 2.06. The van der Waals surface area contributed by atoms with Crippen molar-refractivity contribution >= 4 is 5.78 Å². The minimum absolute atomic E-state index is 0.317. The summed E-state index contributed by atoms with van der Waals surface area (Å²) in [5.74, 6) is 0.878. The van der Waals surface area contributed by atoms with Gasteiger partial charge in [-0.15, -0.1) is 6.58 Å². The Kier molecular flexibility index (Phi) is 4.01. The van der Waals surface area contributed by atoms with E-state index < -0.39 is 0 Å². The summed E-state index contributed by atoms with van der Waals surface area (Å²) in [4.78, 5) is 11.2. The Hall–Kier alpha value is -0.630. The van der Waals surface area contributed by atoms with Crippen molar-refractivity contribution in [3.8, 4) is 0 Å². The molecular formula is C10H16O2. The number of allylic oxidation sites excluding steroid dienone is 1. The molecule has 12 heavy (non-hydrogen) atoms. The van der Waals surface area contributed by atoms with Gasteiger partial charge in [-0.3, -0.25) is 4.79 Å². The van der Waals surface area contributed by atoms with Crippen LogP contribution in [-0.4, -0.2) is 19.0 Å². The molecule has 68 valence electrons. The molecule has 0 aromatic carbocycles. The Morgan fingerprint density at radius 3 is 2.75 bits per heavy atom. The predicted octanol–water partition coefficient (Wildman–Crippen LogP) is 1.95. The van der Waals surface area contributed by atoms with Crippen molar-refractivity contribution in [1.82, 2.24) is 0 Å². The van der Waals surface area contributed by atoms with E-state index in [0.29, 0.717) is 18.1 Å². The highest BCUT2D eigenvalue weighted by Gasteiger charge is 2.16. The second-order valence-electron chi connectivity index (χ2n) is 3.29. The van der Waals surface area contributed by atoms with E-state index in [-0.39, 0.29) is 0 Å². The molecule has 0 aliphatic carbocycles. The fourth-order valence-corrected chi connectivity index (χ4v) is 1.52. The maximum atomic E-state index is 11.2. The molecule has 1 heterocycles. The highest BCUT2D eigenvalue weighted by molar-refractivity contribution is 5.79. The van der Waals surface area contributed by atoms with Crippen LogP contribution >= 0.6 is 0 Å². The van der Waals surface area contributed by atoms with Gasteiger partial charge in [-0.05, 0) is 18.8 Å². The smallest absolute Gasteiger partial charge is 0.136 e. The van der Waals surface area contributed by atoms with Crippen LogP contribution in [0.5, 0.6) is 0 Å². The second kappa shape index (κ2) is 5.09. The van der Waals surface area contributed by atoms with E-state index in [0.717, 1.165) is 32.5 Å². The zero-order valence-electron chi connectivity index (χ0n) is 7.42. The summed E-state index contributed by atoms with van der Waals surface area (Å²) in [5.41, 5.74) is 0. The lowest BCUT2D eigenvalue weighted by Gasteiger charge is -2.20. The molecule has 0 unspecified atom stereocenters. The number of ketones is 1. The van der Waals surface area contributed by atoms with E-state index in [1.165, 1.54) is 0 Å². The van der Waals surface area contributed by atoms with Crippen molar-refractivity contribution in [3.05, 3.63) is 12.7 Å². The predicted molar refractivity (Wildman–Crippen MR) is 48.0 cm³/mol. The lowest BCUT2D eigenvalue weighted by Crippen LogP contribution is -2.18. The van der Waals surface area contributed by atoms with Gasteiger partial charge in [0.05, 0.1) is 0 Å². The Morgan fingerprint density at radius 1 is 1.50 bits per heavy atom. The summed E-state index contributed by atoms with van der Waals surface area (Å²) >= 11 is 0. The van der Waals surface area contributed by atoms with E-state index >= 15 is 0 Å². The number of rotatable bonds is 4. The third-order valence-corrected chi connectivity index (χ3v) is 2.23. The minimum atomic E-state index is 0.317. The molecule has 0 saturated carbocycles. The van der Waals surface area contributed by atoms with Crippen molar-refractivity contribution < 1.29 is 9.53 Å². The molecule has 2 heteroatoms. The van der Waals surface area contributed by atoms with E-state index in [9.17, 15) is 4.79 Å². The third kappa shape index (κ3) is 3.18. The molecule has 0 atom stereocenters. The molecular weight excluding hydrogens is 152 g/mol. The van der Waals surface area contributed by atoms with Crippen LogP contribution in [0.2, 0.25) is 0 Å². The number of Topliss-reactive ketones (excluding diaryl/α,β-unsaturated/α-hetero) is 1. The number of hydrogen-bond acceptors (Lipinski definition) is 2. The first-order valence-electron chi connectivity index (χ1n) is 4.53. The number of carbonyl (C=O) groups is 1. The van der Waals surface area contributed by atoms with Gasteiger partial charge in [0.1, 0.15) is 5.78 Å². The van der Waals surface area contributed by atoms with Crippen LogP contribution in [0.1, 0.15) is 25.7 Å². The normalized spacial score (nSPS) is 19.0. The molecule has 0 aromatic heterocycles. The summed E-state index contributed by atoms with van der Waals surface area (Å²) in [5, 5.41) is 0. The van der Waals surface area contributed by atoms with Crippen LogP contribution in [0.4, 0.5) is 0 Å². The van der Waals surface area contributed by atoms with Crippen molar-refractivity contribution in [2.75, 3.05) is 13.2 Å². The fourth-order valence-electron chi connectivity index (χ4n) is 1.52. The lowest BCUT2D eigenvalue weighted by atomic mass is 9.93. The van der Waals surface area contributed by atoms with Crippen molar-refractivity contribution in [3.63, 3.8) is 0 Å².